The van der Waals surface area contributed by atoms with Gasteiger partial charge < -0.3 is 5.32 Å². The maximum atomic E-state index is 10.00. The number of hydrogen-bond acceptors (Lipinski definition) is 3. The first-order valence-electron chi connectivity index (χ1n) is 4.37. The molecule has 4 heteroatoms. The van der Waals surface area contributed by atoms with Gasteiger partial charge in [-0.05, 0) is 19.8 Å². The lowest BCUT2D eigenvalue weighted by molar-refractivity contribution is -0.166. The summed E-state index contributed by atoms with van der Waals surface area (Å²) in [5.74, 6) is 0. The van der Waals surface area contributed by atoms with Crippen LogP contribution >= 0.6 is 0 Å². The van der Waals surface area contributed by atoms with Crippen LogP contribution in [0.1, 0.15) is 19.8 Å². The summed E-state index contributed by atoms with van der Waals surface area (Å²) in [6.07, 6.45) is 3.63. The number of nitrogens with one attached hydrogen (secondary N) is 1. The van der Waals surface area contributed by atoms with Gasteiger partial charge in [-0.3, -0.25) is 9.63 Å². The fourth-order valence-electron chi connectivity index (χ4n) is 1.40. The summed E-state index contributed by atoms with van der Waals surface area (Å²) < 4.78 is 0. The van der Waals surface area contributed by atoms with Gasteiger partial charge in [-0.25, -0.2) is 0 Å². The summed E-state index contributed by atoms with van der Waals surface area (Å²) in [5, 5.41) is 4.61. The Bertz CT molecular complexity index is 133. The average Bonchev–Trinajstić information content (AvgIpc) is 2.09. The number of hydrogen-bond donors (Lipinski definition) is 1. The van der Waals surface area contributed by atoms with E-state index >= 15 is 0 Å². The van der Waals surface area contributed by atoms with Crippen LogP contribution in [0.4, 0.5) is 0 Å². The third-order valence-corrected chi connectivity index (χ3v) is 2.03. The van der Waals surface area contributed by atoms with Gasteiger partial charge in [0.1, 0.15) is 0 Å². The van der Waals surface area contributed by atoms with Crippen molar-refractivity contribution in [1.82, 2.24) is 10.4 Å². The molecule has 1 aliphatic heterocycles. The van der Waals surface area contributed by atoms with E-state index in [1.54, 1.807) is 6.41 Å². The molecule has 1 fully saturated rings. The van der Waals surface area contributed by atoms with Crippen molar-refractivity contribution in [2.45, 2.75) is 25.8 Å². The molecule has 0 atom stereocenters. The summed E-state index contributed by atoms with van der Waals surface area (Å²) in [6, 6.07) is 0.291. The minimum atomic E-state index is 0.291. The van der Waals surface area contributed by atoms with Gasteiger partial charge in [0.25, 0.3) is 0 Å². The summed E-state index contributed by atoms with van der Waals surface area (Å²) in [7, 11) is 0. The molecule has 1 aliphatic rings. The largest absolute Gasteiger partial charge is 0.345 e. The molecule has 0 aromatic rings. The quantitative estimate of drug-likeness (QED) is 0.608. The van der Waals surface area contributed by atoms with Gasteiger partial charge in [0.15, 0.2) is 0 Å². The Morgan fingerprint density at radius 2 is 2.25 bits per heavy atom. The van der Waals surface area contributed by atoms with Gasteiger partial charge in [0, 0.05) is 19.1 Å². The molecule has 0 saturated carbocycles. The predicted molar refractivity (Wildman–Crippen MR) is 45.1 cm³/mol. The molecule has 1 saturated heterocycles. The first-order valence-corrected chi connectivity index (χ1v) is 4.37. The number of carbonyl (C=O) groups excluding carboxylic acids is 1. The van der Waals surface area contributed by atoms with Crippen LogP contribution in [0.15, 0.2) is 0 Å². The average molecular weight is 171 g/mol. The zero-order valence-electron chi connectivity index (χ0n) is 7.38. The molecule has 1 N–H and O–H groups in total. The fraction of sp³-hybridized carbons (Fsp3) is 0.875. The Kier molecular flexibility index (Phi) is 4.04. The highest BCUT2D eigenvalue weighted by Gasteiger charge is 2.18. The minimum absolute atomic E-state index is 0.291. The molecule has 0 aromatic carbocycles. The summed E-state index contributed by atoms with van der Waals surface area (Å²) in [4.78, 5) is 15.3. The van der Waals surface area contributed by atoms with Crippen LogP contribution in [0, 0.1) is 0 Å². The Hall–Kier alpha value is -0.610. The zero-order chi connectivity index (χ0) is 8.81. The zero-order valence-corrected chi connectivity index (χ0v) is 7.38. The maximum Gasteiger partial charge on any atom is 0.309 e. The van der Waals surface area contributed by atoms with Crippen molar-refractivity contribution in [2.24, 2.45) is 0 Å². The highest BCUT2D eigenvalue weighted by molar-refractivity contribution is 5.47. The lowest BCUT2D eigenvalue weighted by Crippen LogP contribution is -2.41. The monoisotopic (exact) mass is 171 g/mol. The molecule has 0 bridgehead atoms. The van der Waals surface area contributed by atoms with Crippen LogP contribution in [0.25, 0.3) is 0 Å². The number of amides is 1. The van der Waals surface area contributed by atoms with E-state index in [0.717, 1.165) is 32.5 Å². The number of piperidine rings is 1. The molecule has 4 nitrogen and oxygen atoms in total. The SMILES string of the molecule is CCON1CCC(N[C]=O)CC1. The Labute approximate surface area is 72.8 Å². The van der Waals surface area contributed by atoms with Gasteiger partial charge in [0.2, 0.25) is 0 Å². The van der Waals surface area contributed by atoms with E-state index < -0.39 is 0 Å². The van der Waals surface area contributed by atoms with Crippen LogP contribution in [0.3, 0.4) is 0 Å². The van der Waals surface area contributed by atoms with Gasteiger partial charge in [0.05, 0.1) is 6.61 Å². The summed E-state index contributed by atoms with van der Waals surface area (Å²) >= 11 is 0. The van der Waals surface area contributed by atoms with E-state index in [0.29, 0.717) is 6.04 Å². The molecule has 1 amide bonds. The molecule has 12 heavy (non-hydrogen) atoms. The molecule has 0 aromatic heterocycles. The lowest BCUT2D eigenvalue weighted by Gasteiger charge is -2.30. The molecule has 0 spiro atoms. The molecule has 0 unspecified atom stereocenters. The van der Waals surface area contributed by atoms with Crippen LogP contribution in [-0.2, 0) is 9.63 Å². The van der Waals surface area contributed by atoms with Gasteiger partial charge in [-0.15, -0.1) is 0 Å². The third kappa shape index (κ3) is 2.79. The topological polar surface area (TPSA) is 41.6 Å². The van der Waals surface area contributed by atoms with E-state index in [9.17, 15) is 4.79 Å². The Balaban J connectivity index is 2.15. The predicted octanol–water partition coefficient (Wildman–Crippen LogP) is 0.0591. The Morgan fingerprint density at radius 1 is 1.58 bits per heavy atom. The van der Waals surface area contributed by atoms with E-state index in [1.165, 1.54) is 0 Å². The van der Waals surface area contributed by atoms with Crippen molar-refractivity contribution in [2.75, 3.05) is 19.7 Å². The van der Waals surface area contributed by atoms with Crippen molar-refractivity contribution in [3.8, 4) is 0 Å². The van der Waals surface area contributed by atoms with Gasteiger partial charge in [-0.1, -0.05) is 0 Å². The molecular weight excluding hydrogens is 156 g/mol. The molecule has 1 heterocycles. The van der Waals surface area contributed by atoms with Crippen molar-refractivity contribution < 1.29 is 9.63 Å². The second-order valence-corrected chi connectivity index (χ2v) is 2.87. The van der Waals surface area contributed by atoms with Crippen molar-refractivity contribution >= 4 is 6.41 Å². The second-order valence-electron chi connectivity index (χ2n) is 2.87. The van der Waals surface area contributed by atoms with Gasteiger partial charge in [-0.2, -0.15) is 5.06 Å². The molecule has 1 rings (SSSR count). The minimum Gasteiger partial charge on any atom is -0.345 e. The van der Waals surface area contributed by atoms with E-state index in [4.69, 9.17) is 4.84 Å². The Morgan fingerprint density at radius 3 is 2.75 bits per heavy atom. The normalized spacial score (nSPS) is 20.8. The number of nitrogens with zero attached hydrogens (tertiary/aromatic N) is 1. The summed E-state index contributed by atoms with van der Waals surface area (Å²) in [6.45, 7) is 4.49. The number of rotatable bonds is 4. The van der Waals surface area contributed by atoms with Crippen LogP contribution in [0.5, 0.6) is 0 Å². The number of hydroxylamine groups is 2. The van der Waals surface area contributed by atoms with Crippen molar-refractivity contribution in [1.29, 1.82) is 0 Å². The first-order chi connectivity index (χ1) is 5.86. The molecule has 0 aliphatic carbocycles. The first kappa shape index (κ1) is 9.48. The van der Waals surface area contributed by atoms with Gasteiger partial charge >= 0.3 is 6.41 Å². The van der Waals surface area contributed by atoms with Crippen LogP contribution in [0.2, 0.25) is 0 Å². The standard InChI is InChI=1S/C8H15N2O2/c1-2-12-10-5-3-8(4-6-10)9-7-11/h8H,2-6H2,1H3,(H,9,11). The van der Waals surface area contributed by atoms with Crippen LogP contribution < -0.4 is 5.32 Å². The maximum absolute atomic E-state index is 10.00. The lowest BCUT2D eigenvalue weighted by atomic mass is 10.1. The smallest absolute Gasteiger partial charge is 0.309 e. The highest BCUT2D eigenvalue weighted by atomic mass is 16.7. The molecular formula is C8H15N2O2. The highest BCUT2D eigenvalue weighted by Crippen LogP contribution is 2.09. The molecule has 1 radical (unpaired) electrons. The van der Waals surface area contributed by atoms with Crippen LogP contribution in [-0.4, -0.2) is 37.2 Å². The second kappa shape index (κ2) is 5.11. The summed E-state index contributed by atoms with van der Waals surface area (Å²) in [5.41, 5.74) is 0. The fourth-order valence-corrected chi connectivity index (χ4v) is 1.40. The van der Waals surface area contributed by atoms with E-state index in [2.05, 4.69) is 5.32 Å². The van der Waals surface area contributed by atoms with Crippen molar-refractivity contribution in [3.05, 3.63) is 0 Å². The molecule has 69 valence electrons. The third-order valence-electron chi connectivity index (χ3n) is 2.03. The van der Waals surface area contributed by atoms with Crippen molar-refractivity contribution in [3.63, 3.8) is 0 Å². The van der Waals surface area contributed by atoms with E-state index in [1.807, 2.05) is 12.0 Å². The van der Waals surface area contributed by atoms with E-state index in [-0.39, 0.29) is 0 Å².